The largest absolute Gasteiger partial charge is 0.481 e. The molecule has 0 aromatic heterocycles. The van der Waals surface area contributed by atoms with Gasteiger partial charge in [0.2, 0.25) is 17.7 Å². The summed E-state index contributed by atoms with van der Waals surface area (Å²) in [4.78, 5) is 68.6. The fourth-order valence-electron chi connectivity index (χ4n) is 3.14. The maximum absolute atomic E-state index is 13.1. The van der Waals surface area contributed by atoms with E-state index >= 15 is 0 Å². The van der Waals surface area contributed by atoms with Crippen molar-refractivity contribution in [2.75, 3.05) is 25.1 Å². The Kier molecular flexibility index (Phi) is 17.4. The summed E-state index contributed by atoms with van der Waals surface area (Å²) in [6, 6.07) is -5.01. The maximum atomic E-state index is 13.1. The standard InChI is InChI=1S/C21H40N10O7S/c1-39-9-6-13(18(36)31-14(19(37)38)5-3-8-28-21(25)26)30-17(35)12(4-2-7-27-20(23)24)29-16(34)11(22)10-15(32)33/h11-14H,2-10,22H2,1H3,(H,29,34)(H,30,35)(H,31,36)(H,32,33)(H,37,38)(H4,23,24,27)(H4,25,26,28). The molecular formula is C21H40N10O7S. The number of aliphatic carboxylic acids is 2. The van der Waals surface area contributed by atoms with Gasteiger partial charge in [0.1, 0.15) is 18.1 Å². The minimum Gasteiger partial charge on any atom is -0.481 e. The summed E-state index contributed by atoms with van der Waals surface area (Å²) in [5, 5.41) is 25.7. The normalized spacial score (nSPS) is 13.6. The highest BCUT2D eigenvalue weighted by molar-refractivity contribution is 7.98. The number of hydrogen-bond acceptors (Lipinski definition) is 9. The van der Waals surface area contributed by atoms with E-state index in [0.29, 0.717) is 5.75 Å². The first-order valence-electron chi connectivity index (χ1n) is 12.0. The lowest BCUT2D eigenvalue weighted by molar-refractivity contribution is -0.142. The molecule has 0 spiro atoms. The Morgan fingerprint density at radius 1 is 0.744 bits per heavy atom. The fraction of sp³-hybridized carbons (Fsp3) is 0.667. The number of carbonyl (C=O) groups excluding carboxylic acids is 3. The SMILES string of the molecule is CSCCC(NC(=O)C(CCCN=C(N)N)NC(=O)C(N)CC(=O)O)C(=O)NC(CCCN=C(N)N)C(=O)O. The van der Waals surface area contributed by atoms with E-state index in [1.54, 1.807) is 6.26 Å². The van der Waals surface area contributed by atoms with Crippen LogP contribution in [0.15, 0.2) is 9.98 Å². The number of thioether (sulfide) groups is 1. The van der Waals surface area contributed by atoms with Crippen molar-refractivity contribution in [3.8, 4) is 0 Å². The van der Waals surface area contributed by atoms with Gasteiger partial charge in [-0.2, -0.15) is 11.8 Å². The van der Waals surface area contributed by atoms with Gasteiger partial charge in [-0.15, -0.1) is 0 Å². The van der Waals surface area contributed by atoms with Crippen molar-refractivity contribution in [3.05, 3.63) is 0 Å². The molecule has 0 bridgehead atoms. The molecule has 4 unspecified atom stereocenters. The first kappa shape index (κ1) is 35.2. The van der Waals surface area contributed by atoms with Crippen LogP contribution in [0.4, 0.5) is 0 Å². The van der Waals surface area contributed by atoms with Gasteiger partial charge in [0.05, 0.1) is 12.5 Å². The Morgan fingerprint density at radius 2 is 1.18 bits per heavy atom. The molecule has 0 aliphatic rings. The molecule has 0 aromatic rings. The molecule has 0 aliphatic heterocycles. The average Bonchev–Trinajstić information content (AvgIpc) is 2.83. The van der Waals surface area contributed by atoms with Crippen LogP contribution in [0.2, 0.25) is 0 Å². The van der Waals surface area contributed by atoms with Crippen LogP contribution >= 0.6 is 11.8 Å². The van der Waals surface area contributed by atoms with Gasteiger partial charge in [0.15, 0.2) is 11.9 Å². The summed E-state index contributed by atoms with van der Waals surface area (Å²) in [6.07, 6.45) is 1.88. The Balaban J connectivity index is 5.57. The third-order valence-electron chi connectivity index (χ3n) is 5.11. The minimum atomic E-state index is -1.42. The molecule has 0 aliphatic carbocycles. The highest BCUT2D eigenvalue weighted by Crippen LogP contribution is 2.07. The minimum absolute atomic E-state index is 0.0337. The van der Waals surface area contributed by atoms with E-state index in [9.17, 15) is 29.1 Å². The number of nitrogens with two attached hydrogens (primary N) is 5. The maximum Gasteiger partial charge on any atom is 0.326 e. The topological polar surface area (TPSA) is 317 Å². The average molecular weight is 577 g/mol. The van der Waals surface area contributed by atoms with Crippen LogP contribution in [-0.2, 0) is 24.0 Å². The summed E-state index contributed by atoms with van der Waals surface area (Å²) >= 11 is 1.40. The van der Waals surface area contributed by atoms with Crippen LogP contribution in [-0.4, -0.2) is 101 Å². The lowest BCUT2D eigenvalue weighted by Gasteiger charge is -2.25. The number of carboxylic acid groups (broad SMARTS) is 2. The predicted octanol–water partition coefficient (Wildman–Crippen LogP) is -3.81. The number of aliphatic imine (C=N–C) groups is 2. The van der Waals surface area contributed by atoms with Crippen molar-refractivity contribution in [1.29, 1.82) is 0 Å². The fourth-order valence-corrected chi connectivity index (χ4v) is 3.61. The van der Waals surface area contributed by atoms with E-state index in [1.807, 2.05) is 0 Å². The van der Waals surface area contributed by atoms with E-state index in [0.717, 1.165) is 0 Å². The van der Waals surface area contributed by atoms with Crippen LogP contribution in [0.25, 0.3) is 0 Å². The second kappa shape index (κ2) is 19.3. The molecular weight excluding hydrogens is 536 g/mol. The van der Waals surface area contributed by atoms with Crippen molar-refractivity contribution in [1.82, 2.24) is 16.0 Å². The van der Waals surface area contributed by atoms with E-state index in [2.05, 4.69) is 25.9 Å². The number of hydrogen-bond donors (Lipinski definition) is 10. The third-order valence-corrected chi connectivity index (χ3v) is 5.76. The smallest absolute Gasteiger partial charge is 0.326 e. The zero-order valence-electron chi connectivity index (χ0n) is 21.8. The number of nitrogens with one attached hydrogen (secondary N) is 3. The molecule has 4 atom stereocenters. The van der Waals surface area contributed by atoms with Crippen molar-refractivity contribution in [2.45, 2.75) is 62.7 Å². The van der Waals surface area contributed by atoms with Gasteiger partial charge in [0, 0.05) is 13.1 Å². The molecule has 17 nitrogen and oxygen atoms in total. The lowest BCUT2D eigenvalue weighted by Crippen LogP contribution is -2.57. The molecule has 3 amide bonds. The van der Waals surface area contributed by atoms with E-state index < -0.39 is 60.2 Å². The molecule has 0 fully saturated rings. The molecule has 222 valence electrons. The van der Waals surface area contributed by atoms with E-state index in [4.69, 9.17) is 33.8 Å². The second-order valence-electron chi connectivity index (χ2n) is 8.41. The first-order valence-corrected chi connectivity index (χ1v) is 13.4. The Bertz CT molecular complexity index is 894. The van der Waals surface area contributed by atoms with Crippen LogP contribution in [0.1, 0.15) is 38.5 Å². The summed E-state index contributed by atoms with van der Waals surface area (Å²) in [7, 11) is 0. The number of carboxylic acids is 2. The van der Waals surface area contributed by atoms with Crippen molar-refractivity contribution in [2.24, 2.45) is 38.7 Å². The van der Waals surface area contributed by atoms with Crippen LogP contribution in [0.5, 0.6) is 0 Å². The molecule has 0 heterocycles. The number of nitrogens with zero attached hydrogens (tertiary/aromatic N) is 2. The molecule has 0 saturated carbocycles. The first-order chi connectivity index (χ1) is 18.3. The monoisotopic (exact) mass is 576 g/mol. The van der Waals surface area contributed by atoms with Gasteiger partial charge >= 0.3 is 11.9 Å². The summed E-state index contributed by atoms with van der Waals surface area (Å²) in [6.45, 7) is 0.305. The Labute approximate surface area is 230 Å². The van der Waals surface area contributed by atoms with Crippen molar-refractivity contribution >= 4 is 53.3 Å². The molecule has 0 rings (SSSR count). The van der Waals surface area contributed by atoms with Gasteiger partial charge in [-0.1, -0.05) is 0 Å². The molecule has 18 heteroatoms. The second-order valence-corrected chi connectivity index (χ2v) is 9.39. The number of rotatable bonds is 20. The number of carbonyl (C=O) groups is 5. The van der Waals surface area contributed by atoms with Gasteiger partial charge in [-0.05, 0) is 44.1 Å². The van der Waals surface area contributed by atoms with E-state index in [-0.39, 0.29) is 57.1 Å². The predicted molar refractivity (Wildman–Crippen MR) is 146 cm³/mol. The van der Waals surface area contributed by atoms with Crippen molar-refractivity contribution < 1.29 is 34.2 Å². The lowest BCUT2D eigenvalue weighted by atomic mass is 10.1. The van der Waals surface area contributed by atoms with Crippen molar-refractivity contribution in [3.63, 3.8) is 0 Å². The molecule has 0 aromatic carbocycles. The zero-order valence-corrected chi connectivity index (χ0v) is 22.6. The zero-order chi connectivity index (χ0) is 30.0. The molecule has 39 heavy (non-hydrogen) atoms. The highest BCUT2D eigenvalue weighted by Gasteiger charge is 2.30. The van der Waals surface area contributed by atoms with Gasteiger partial charge in [-0.3, -0.25) is 29.2 Å². The van der Waals surface area contributed by atoms with Gasteiger partial charge in [-0.25, -0.2) is 4.79 Å². The number of guanidine groups is 2. The van der Waals surface area contributed by atoms with E-state index in [1.165, 1.54) is 11.8 Å². The van der Waals surface area contributed by atoms with Gasteiger partial charge < -0.3 is 54.8 Å². The Hall–Kier alpha value is -3.80. The van der Waals surface area contributed by atoms with Gasteiger partial charge in [0.25, 0.3) is 0 Å². The molecule has 0 saturated heterocycles. The summed E-state index contributed by atoms with van der Waals surface area (Å²) in [5.74, 6) is -4.80. The molecule has 15 N–H and O–H groups in total. The Morgan fingerprint density at radius 3 is 1.62 bits per heavy atom. The quantitative estimate of drug-likeness (QED) is 0.0378. The van der Waals surface area contributed by atoms with Crippen LogP contribution in [0.3, 0.4) is 0 Å². The van der Waals surface area contributed by atoms with Crippen LogP contribution in [0, 0.1) is 0 Å². The summed E-state index contributed by atoms with van der Waals surface area (Å²) < 4.78 is 0. The molecule has 0 radical (unpaired) electrons. The summed E-state index contributed by atoms with van der Waals surface area (Å²) in [5.41, 5.74) is 26.7. The van der Waals surface area contributed by atoms with Crippen LogP contribution < -0.4 is 44.6 Å². The highest BCUT2D eigenvalue weighted by atomic mass is 32.2. The third kappa shape index (κ3) is 16.6. The number of amides is 3.